The zero-order valence-electron chi connectivity index (χ0n) is 17.9. The molecule has 8 nitrogen and oxygen atoms in total. The number of carbonyl (C=O) groups excluding carboxylic acids is 1. The van der Waals surface area contributed by atoms with Crippen molar-refractivity contribution < 1.29 is 18.1 Å². The van der Waals surface area contributed by atoms with Crippen LogP contribution in [0.3, 0.4) is 0 Å². The Hall–Kier alpha value is -2.94. The fraction of sp³-hybridized carbons (Fsp3) is 0.381. The molecule has 1 N–H and O–H groups in total. The first kappa shape index (κ1) is 23.3. The summed E-state index contributed by atoms with van der Waals surface area (Å²) in [6.07, 6.45) is 1.43. The summed E-state index contributed by atoms with van der Waals surface area (Å²) in [6, 6.07) is 8.06. The van der Waals surface area contributed by atoms with E-state index in [2.05, 4.69) is 5.32 Å². The Kier molecular flexibility index (Phi) is 7.20. The van der Waals surface area contributed by atoms with Crippen molar-refractivity contribution in [3.8, 4) is 0 Å². The molecule has 0 aliphatic carbocycles. The Morgan fingerprint density at radius 2 is 1.67 bits per heavy atom. The number of carbonyl (C=O) groups is 1. The number of non-ortho nitro benzene ring substituents is 1. The van der Waals surface area contributed by atoms with Gasteiger partial charge in [-0.15, -0.1) is 0 Å². The van der Waals surface area contributed by atoms with Crippen LogP contribution in [0.2, 0.25) is 0 Å². The van der Waals surface area contributed by atoms with E-state index in [1.54, 1.807) is 6.92 Å². The van der Waals surface area contributed by atoms with Crippen LogP contribution in [-0.4, -0.2) is 32.0 Å². The lowest BCUT2D eigenvalue weighted by atomic mass is 10.0. The lowest BCUT2D eigenvalue weighted by Gasteiger charge is -2.24. The minimum atomic E-state index is -3.68. The number of nitro groups is 1. The van der Waals surface area contributed by atoms with E-state index in [-0.39, 0.29) is 36.7 Å². The number of amides is 1. The predicted molar refractivity (Wildman–Crippen MR) is 119 cm³/mol. The smallest absolute Gasteiger partial charge is 0.271 e. The molecule has 0 unspecified atom stereocenters. The fourth-order valence-corrected chi connectivity index (χ4v) is 4.42. The quantitative estimate of drug-likeness (QED) is 0.499. The topological polar surface area (TPSA) is 110 Å². The normalized spacial score (nSPS) is 11.2. The number of nitrogens with zero attached hydrogens (tertiary/aromatic N) is 2. The van der Waals surface area contributed by atoms with Crippen LogP contribution in [0.4, 0.5) is 17.1 Å². The van der Waals surface area contributed by atoms with Crippen molar-refractivity contribution in [2.24, 2.45) is 0 Å². The molecule has 162 valence electrons. The second-order valence-corrected chi connectivity index (χ2v) is 9.40. The molecule has 0 aliphatic heterocycles. The van der Waals surface area contributed by atoms with E-state index in [9.17, 15) is 23.3 Å². The highest BCUT2D eigenvalue weighted by Crippen LogP contribution is 2.28. The van der Waals surface area contributed by atoms with Crippen LogP contribution in [0, 0.1) is 37.8 Å². The number of aryl methyl sites for hydroxylation is 4. The van der Waals surface area contributed by atoms with E-state index in [0.717, 1.165) is 32.9 Å². The average Bonchev–Trinajstić information content (AvgIpc) is 2.61. The summed E-state index contributed by atoms with van der Waals surface area (Å²) in [5.41, 5.74) is 4.46. The van der Waals surface area contributed by atoms with E-state index < -0.39 is 14.9 Å². The van der Waals surface area contributed by atoms with Gasteiger partial charge in [-0.2, -0.15) is 0 Å². The molecule has 0 aromatic heterocycles. The van der Waals surface area contributed by atoms with Gasteiger partial charge in [0, 0.05) is 30.8 Å². The maximum atomic E-state index is 12.4. The van der Waals surface area contributed by atoms with Crippen LogP contribution in [-0.2, 0) is 14.8 Å². The van der Waals surface area contributed by atoms with Gasteiger partial charge in [0.25, 0.3) is 5.69 Å². The van der Waals surface area contributed by atoms with E-state index in [1.807, 2.05) is 32.9 Å². The van der Waals surface area contributed by atoms with E-state index >= 15 is 0 Å². The summed E-state index contributed by atoms with van der Waals surface area (Å²) in [7, 11) is -3.68. The van der Waals surface area contributed by atoms with Gasteiger partial charge in [0.05, 0.1) is 16.9 Å². The molecule has 0 saturated heterocycles. The Morgan fingerprint density at radius 1 is 1.07 bits per heavy atom. The standard InChI is InChI=1S/C21H27N3O5S/c1-14-11-16(3)21(17(4)12-14)22-20(25)7-6-10-23(30(5,28)29)19-13-18(24(26)27)9-8-15(19)2/h8-9,11-13H,6-7,10H2,1-5H3,(H,22,25). The third kappa shape index (κ3) is 5.79. The number of anilines is 2. The van der Waals surface area contributed by atoms with Crippen molar-refractivity contribution in [1.29, 1.82) is 0 Å². The Labute approximate surface area is 177 Å². The van der Waals surface area contributed by atoms with Crippen LogP contribution in [0.25, 0.3) is 0 Å². The summed E-state index contributed by atoms with van der Waals surface area (Å²) >= 11 is 0. The van der Waals surface area contributed by atoms with Gasteiger partial charge in [0.15, 0.2) is 0 Å². The molecule has 9 heteroatoms. The van der Waals surface area contributed by atoms with Gasteiger partial charge in [-0.3, -0.25) is 19.2 Å². The average molecular weight is 434 g/mol. The van der Waals surface area contributed by atoms with Crippen LogP contribution in [0.5, 0.6) is 0 Å². The van der Waals surface area contributed by atoms with Gasteiger partial charge in [-0.05, 0) is 50.8 Å². The van der Waals surface area contributed by atoms with Crippen LogP contribution in [0.15, 0.2) is 30.3 Å². The number of rotatable bonds is 8. The maximum absolute atomic E-state index is 12.4. The van der Waals surface area contributed by atoms with Gasteiger partial charge in [0.1, 0.15) is 0 Å². The predicted octanol–water partition coefficient (Wildman–Crippen LogP) is 4.01. The fourth-order valence-electron chi connectivity index (χ4n) is 3.41. The molecule has 0 atom stereocenters. The Balaban J connectivity index is 2.13. The van der Waals surface area contributed by atoms with Crippen molar-refractivity contribution in [3.05, 3.63) is 62.7 Å². The summed E-state index contributed by atoms with van der Waals surface area (Å²) < 4.78 is 25.7. The third-order valence-corrected chi connectivity index (χ3v) is 5.96. The third-order valence-electron chi connectivity index (χ3n) is 4.78. The molecular weight excluding hydrogens is 406 g/mol. The first-order valence-electron chi connectivity index (χ1n) is 9.50. The number of hydrogen-bond acceptors (Lipinski definition) is 5. The van der Waals surface area contributed by atoms with Crippen LogP contribution >= 0.6 is 0 Å². The second kappa shape index (κ2) is 9.25. The molecule has 0 radical (unpaired) electrons. The van der Waals surface area contributed by atoms with E-state index in [4.69, 9.17) is 0 Å². The van der Waals surface area contributed by atoms with E-state index in [0.29, 0.717) is 5.56 Å². The van der Waals surface area contributed by atoms with Crippen LogP contribution in [0.1, 0.15) is 35.1 Å². The lowest BCUT2D eigenvalue weighted by Crippen LogP contribution is -2.32. The van der Waals surface area contributed by atoms with E-state index in [1.165, 1.54) is 18.2 Å². The highest BCUT2D eigenvalue weighted by Gasteiger charge is 2.22. The SMILES string of the molecule is Cc1cc(C)c(NC(=O)CCCN(c2cc([N+](=O)[O-])ccc2C)S(C)(=O)=O)c(C)c1. The van der Waals surface area contributed by atoms with Crippen molar-refractivity contribution in [2.45, 2.75) is 40.5 Å². The molecule has 0 spiro atoms. The van der Waals surface area contributed by atoms with Gasteiger partial charge in [0.2, 0.25) is 15.9 Å². The zero-order valence-corrected chi connectivity index (χ0v) is 18.7. The molecule has 0 bridgehead atoms. The maximum Gasteiger partial charge on any atom is 0.271 e. The number of benzene rings is 2. The lowest BCUT2D eigenvalue weighted by molar-refractivity contribution is -0.384. The molecule has 2 rings (SSSR count). The summed E-state index contributed by atoms with van der Waals surface area (Å²) in [4.78, 5) is 22.9. The van der Waals surface area contributed by atoms with Gasteiger partial charge in [-0.25, -0.2) is 8.42 Å². The highest BCUT2D eigenvalue weighted by atomic mass is 32.2. The molecule has 1 amide bonds. The molecule has 2 aromatic rings. The minimum Gasteiger partial charge on any atom is -0.326 e. The molecule has 0 saturated carbocycles. The molecule has 0 aliphatic rings. The monoisotopic (exact) mass is 433 g/mol. The Bertz CT molecular complexity index is 1060. The van der Waals surface area contributed by atoms with Gasteiger partial charge in [-0.1, -0.05) is 23.8 Å². The highest BCUT2D eigenvalue weighted by molar-refractivity contribution is 7.92. The molecule has 2 aromatic carbocycles. The molecular formula is C21H27N3O5S. The molecule has 0 heterocycles. The Morgan fingerprint density at radius 3 is 2.20 bits per heavy atom. The number of sulfonamides is 1. The first-order chi connectivity index (χ1) is 13.9. The van der Waals surface area contributed by atoms with Crippen molar-refractivity contribution in [3.63, 3.8) is 0 Å². The van der Waals surface area contributed by atoms with Gasteiger partial charge < -0.3 is 5.32 Å². The number of hydrogen-bond donors (Lipinski definition) is 1. The van der Waals surface area contributed by atoms with Crippen molar-refractivity contribution in [2.75, 3.05) is 22.4 Å². The van der Waals surface area contributed by atoms with Gasteiger partial charge >= 0.3 is 0 Å². The first-order valence-corrected chi connectivity index (χ1v) is 11.4. The largest absolute Gasteiger partial charge is 0.326 e. The summed E-state index contributed by atoms with van der Waals surface area (Å²) in [5.74, 6) is -0.214. The van der Waals surface area contributed by atoms with Crippen molar-refractivity contribution in [1.82, 2.24) is 0 Å². The second-order valence-electron chi connectivity index (χ2n) is 7.49. The number of nitrogens with one attached hydrogen (secondary N) is 1. The van der Waals surface area contributed by atoms with Crippen LogP contribution < -0.4 is 9.62 Å². The minimum absolute atomic E-state index is 0.0418. The zero-order chi connectivity index (χ0) is 22.6. The summed E-state index contributed by atoms with van der Waals surface area (Å²) in [6.45, 7) is 7.56. The van der Waals surface area contributed by atoms with Crippen molar-refractivity contribution >= 4 is 33.0 Å². The molecule has 30 heavy (non-hydrogen) atoms. The molecule has 0 fully saturated rings. The number of nitro benzene ring substituents is 1. The summed E-state index contributed by atoms with van der Waals surface area (Å²) in [5, 5.41) is 14.0.